The Labute approximate surface area is 117 Å². The van der Waals surface area contributed by atoms with Crippen molar-refractivity contribution >= 4 is 17.0 Å². The van der Waals surface area contributed by atoms with E-state index in [0.717, 1.165) is 11.3 Å². The van der Waals surface area contributed by atoms with Gasteiger partial charge in [-0.25, -0.2) is 9.37 Å². The van der Waals surface area contributed by atoms with Gasteiger partial charge < -0.3 is 10.2 Å². The Bertz CT molecular complexity index is 553. The molecule has 1 aromatic carbocycles. The molecule has 0 aliphatic carbocycles. The zero-order chi connectivity index (χ0) is 13.8. The summed E-state index contributed by atoms with van der Waals surface area (Å²) in [5, 5.41) is 3.02. The van der Waals surface area contributed by atoms with E-state index in [9.17, 15) is 4.39 Å². The molecule has 1 N–H and O–H groups in total. The third-order valence-electron chi connectivity index (χ3n) is 3.03. The average molecular weight is 279 g/mol. The van der Waals surface area contributed by atoms with Gasteiger partial charge in [-0.15, -0.1) is 11.3 Å². The second-order valence-corrected chi connectivity index (χ2v) is 5.47. The van der Waals surface area contributed by atoms with Gasteiger partial charge in [-0.3, -0.25) is 0 Å². The van der Waals surface area contributed by atoms with Crippen molar-refractivity contribution in [1.82, 2.24) is 10.3 Å². The summed E-state index contributed by atoms with van der Waals surface area (Å²) in [5.41, 5.74) is 4.41. The van der Waals surface area contributed by atoms with Gasteiger partial charge >= 0.3 is 0 Å². The predicted octanol–water partition coefficient (Wildman–Crippen LogP) is 2.95. The van der Waals surface area contributed by atoms with E-state index in [4.69, 9.17) is 0 Å². The number of anilines is 1. The third-order valence-corrected chi connectivity index (χ3v) is 3.95. The molecule has 5 heteroatoms. The zero-order valence-electron chi connectivity index (χ0n) is 11.4. The number of hydrogen-bond donors (Lipinski definition) is 1. The molecular weight excluding hydrogens is 261 g/mol. The van der Waals surface area contributed by atoms with Gasteiger partial charge in [0.05, 0.1) is 23.4 Å². The Balaban J connectivity index is 2.15. The monoisotopic (exact) mass is 279 g/mol. The Morgan fingerprint density at radius 3 is 2.79 bits per heavy atom. The summed E-state index contributed by atoms with van der Waals surface area (Å²) in [6.07, 6.45) is 0. The Morgan fingerprint density at radius 2 is 2.21 bits per heavy atom. The van der Waals surface area contributed by atoms with Crippen LogP contribution in [-0.4, -0.2) is 19.1 Å². The van der Waals surface area contributed by atoms with E-state index >= 15 is 0 Å². The van der Waals surface area contributed by atoms with Gasteiger partial charge in [-0.05, 0) is 31.7 Å². The van der Waals surface area contributed by atoms with Gasteiger partial charge in [0.25, 0.3) is 0 Å². The fraction of sp³-hybridized carbons (Fsp3) is 0.357. The number of aryl methyl sites for hydroxylation is 1. The number of hydrogen-bond acceptors (Lipinski definition) is 4. The molecule has 0 bridgehead atoms. The molecule has 0 aliphatic rings. The van der Waals surface area contributed by atoms with E-state index in [1.807, 2.05) is 43.6 Å². The first kappa shape index (κ1) is 14.0. The molecule has 0 radical (unpaired) electrons. The van der Waals surface area contributed by atoms with Crippen LogP contribution < -0.4 is 10.2 Å². The molecule has 3 nitrogen and oxygen atoms in total. The Kier molecular flexibility index (Phi) is 4.50. The van der Waals surface area contributed by atoms with Crippen LogP contribution in [0, 0.1) is 12.7 Å². The van der Waals surface area contributed by atoms with Crippen LogP contribution in [0.5, 0.6) is 0 Å². The van der Waals surface area contributed by atoms with Crippen LogP contribution in [0.2, 0.25) is 0 Å². The minimum Gasteiger partial charge on any atom is -0.367 e. The standard InChI is InChI=1S/C14H18FN3S/c1-10-14(19-9-17-10)8-18(3)13-5-4-11(7-16-2)6-12(13)15/h4-6,9,16H,7-8H2,1-3H3. The molecule has 1 aromatic heterocycles. The van der Waals surface area contributed by atoms with Gasteiger partial charge in [-0.1, -0.05) is 6.07 Å². The summed E-state index contributed by atoms with van der Waals surface area (Å²) in [7, 11) is 3.75. The molecule has 19 heavy (non-hydrogen) atoms. The van der Waals surface area contributed by atoms with Gasteiger partial charge in [-0.2, -0.15) is 0 Å². The van der Waals surface area contributed by atoms with E-state index < -0.39 is 0 Å². The molecule has 0 aliphatic heterocycles. The molecular formula is C14H18FN3S. The number of nitrogens with one attached hydrogen (secondary N) is 1. The summed E-state index contributed by atoms with van der Waals surface area (Å²) in [6, 6.07) is 5.37. The third kappa shape index (κ3) is 3.30. The summed E-state index contributed by atoms with van der Waals surface area (Å²) < 4.78 is 14.1. The van der Waals surface area contributed by atoms with E-state index in [1.54, 1.807) is 17.4 Å². The predicted molar refractivity (Wildman–Crippen MR) is 78.1 cm³/mol. The van der Waals surface area contributed by atoms with Crippen molar-refractivity contribution in [2.24, 2.45) is 0 Å². The topological polar surface area (TPSA) is 28.2 Å². The lowest BCUT2D eigenvalue weighted by atomic mass is 10.2. The molecule has 0 saturated carbocycles. The average Bonchev–Trinajstić information content (AvgIpc) is 2.75. The minimum absolute atomic E-state index is 0.183. The normalized spacial score (nSPS) is 10.7. The summed E-state index contributed by atoms with van der Waals surface area (Å²) in [6.45, 7) is 3.33. The zero-order valence-corrected chi connectivity index (χ0v) is 12.2. The van der Waals surface area contributed by atoms with Crippen molar-refractivity contribution in [3.63, 3.8) is 0 Å². The largest absolute Gasteiger partial charge is 0.367 e. The molecule has 0 saturated heterocycles. The molecule has 0 unspecified atom stereocenters. The van der Waals surface area contributed by atoms with Crippen molar-refractivity contribution in [2.75, 3.05) is 19.0 Å². The van der Waals surface area contributed by atoms with Crippen LogP contribution in [-0.2, 0) is 13.1 Å². The maximum Gasteiger partial charge on any atom is 0.146 e. The number of halogens is 1. The van der Waals surface area contributed by atoms with Crippen molar-refractivity contribution in [3.8, 4) is 0 Å². The van der Waals surface area contributed by atoms with Crippen molar-refractivity contribution in [3.05, 3.63) is 45.7 Å². The fourth-order valence-corrected chi connectivity index (χ4v) is 2.78. The first-order valence-corrected chi connectivity index (χ1v) is 7.03. The van der Waals surface area contributed by atoms with E-state index in [2.05, 4.69) is 10.3 Å². The van der Waals surface area contributed by atoms with Crippen molar-refractivity contribution in [2.45, 2.75) is 20.0 Å². The van der Waals surface area contributed by atoms with Gasteiger partial charge in [0.15, 0.2) is 0 Å². The lowest BCUT2D eigenvalue weighted by Crippen LogP contribution is -2.18. The maximum absolute atomic E-state index is 14.1. The van der Waals surface area contributed by atoms with Crippen molar-refractivity contribution < 1.29 is 4.39 Å². The van der Waals surface area contributed by atoms with Crippen LogP contribution in [0.4, 0.5) is 10.1 Å². The number of aromatic nitrogens is 1. The maximum atomic E-state index is 14.1. The van der Waals surface area contributed by atoms with Crippen LogP contribution in [0.3, 0.4) is 0 Å². The van der Waals surface area contributed by atoms with Gasteiger partial charge in [0.2, 0.25) is 0 Å². The SMILES string of the molecule is CNCc1ccc(N(C)Cc2scnc2C)c(F)c1. The highest BCUT2D eigenvalue weighted by atomic mass is 32.1. The smallest absolute Gasteiger partial charge is 0.146 e. The molecule has 0 spiro atoms. The highest BCUT2D eigenvalue weighted by molar-refractivity contribution is 7.09. The quantitative estimate of drug-likeness (QED) is 0.912. The minimum atomic E-state index is -0.183. The summed E-state index contributed by atoms with van der Waals surface area (Å²) >= 11 is 1.60. The Morgan fingerprint density at radius 1 is 1.42 bits per heavy atom. The fourth-order valence-electron chi connectivity index (χ4n) is 1.95. The van der Waals surface area contributed by atoms with Crippen LogP contribution in [0.25, 0.3) is 0 Å². The van der Waals surface area contributed by atoms with Crippen LogP contribution in [0.1, 0.15) is 16.1 Å². The highest BCUT2D eigenvalue weighted by Gasteiger charge is 2.11. The molecule has 1 heterocycles. The molecule has 2 aromatic rings. The van der Waals surface area contributed by atoms with Crippen LogP contribution in [0.15, 0.2) is 23.7 Å². The second kappa shape index (κ2) is 6.12. The van der Waals surface area contributed by atoms with E-state index in [1.165, 1.54) is 4.88 Å². The lowest BCUT2D eigenvalue weighted by Gasteiger charge is -2.20. The molecule has 102 valence electrons. The second-order valence-electron chi connectivity index (χ2n) is 4.53. The van der Waals surface area contributed by atoms with Crippen molar-refractivity contribution in [1.29, 1.82) is 0 Å². The molecule has 0 fully saturated rings. The number of thiazole rings is 1. The Hall–Kier alpha value is -1.46. The first-order valence-electron chi connectivity index (χ1n) is 6.15. The first-order chi connectivity index (χ1) is 9.11. The number of nitrogens with zero attached hydrogens (tertiary/aromatic N) is 2. The molecule has 2 rings (SSSR count). The number of benzene rings is 1. The summed E-state index contributed by atoms with van der Waals surface area (Å²) in [5.74, 6) is -0.183. The highest BCUT2D eigenvalue weighted by Crippen LogP contribution is 2.23. The van der Waals surface area contributed by atoms with Gasteiger partial charge in [0.1, 0.15) is 5.82 Å². The van der Waals surface area contributed by atoms with E-state index in [-0.39, 0.29) is 5.82 Å². The van der Waals surface area contributed by atoms with Gasteiger partial charge in [0, 0.05) is 18.5 Å². The van der Waals surface area contributed by atoms with Crippen LogP contribution >= 0.6 is 11.3 Å². The molecule has 0 atom stereocenters. The van der Waals surface area contributed by atoms with E-state index in [0.29, 0.717) is 18.8 Å². The summed E-state index contributed by atoms with van der Waals surface area (Å²) in [4.78, 5) is 7.30. The number of rotatable bonds is 5. The molecule has 0 amide bonds. The lowest BCUT2D eigenvalue weighted by molar-refractivity contribution is 0.618.